The third kappa shape index (κ3) is 5.10. The first kappa shape index (κ1) is 15.9. The van der Waals surface area contributed by atoms with E-state index >= 15 is 0 Å². The van der Waals surface area contributed by atoms with Crippen LogP contribution in [0.3, 0.4) is 0 Å². The van der Waals surface area contributed by atoms with Crippen LogP contribution in [0.15, 0.2) is 53.0 Å². The maximum atomic E-state index is 11.9. The SMILES string of the molecule is COc1ccc(NC(=O)CSCc2ccccc2Br)cc1. The first-order valence-corrected chi connectivity index (χ1v) is 8.39. The molecule has 2 aromatic rings. The summed E-state index contributed by atoms with van der Waals surface area (Å²) in [6.45, 7) is 0. The van der Waals surface area contributed by atoms with E-state index in [0.717, 1.165) is 21.7 Å². The van der Waals surface area contributed by atoms with Gasteiger partial charge in [-0.1, -0.05) is 34.1 Å². The highest BCUT2D eigenvalue weighted by Crippen LogP contribution is 2.21. The summed E-state index contributed by atoms with van der Waals surface area (Å²) in [7, 11) is 1.62. The van der Waals surface area contributed by atoms with Gasteiger partial charge in [0.15, 0.2) is 0 Å². The zero-order chi connectivity index (χ0) is 15.1. The Labute approximate surface area is 137 Å². The molecule has 3 nitrogen and oxygen atoms in total. The average Bonchev–Trinajstić information content (AvgIpc) is 2.50. The quantitative estimate of drug-likeness (QED) is 0.827. The predicted octanol–water partition coefficient (Wildman–Crippen LogP) is 4.33. The minimum atomic E-state index is -0.00257. The van der Waals surface area contributed by atoms with Gasteiger partial charge in [0, 0.05) is 15.9 Å². The third-order valence-corrected chi connectivity index (χ3v) is 4.58. The van der Waals surface area contributed by atoms with Crippen molar-refractivity contribution in [1.29, 1.82) is 0 Å². The monoisotopic (exact) mass is 365 g/mol. The number of halogens is 1. The van der Waals surface area contributed by atoms with Gasteiger partial charge < -0.3 is 10.1 Å². The van der Waals surface area contributed by atoms with Gasteiger partial charge >= 0.3 is 0 Å². The largest absolute Gasteiger partial charge is 0.497 e. The number of hydrogen-bond acceptors (Lipinski definition) is 3. The Hall–Kier alpha value is -1.46. The average molecular weight is 366 g/mol. The first-order valence-electron chi connectivity index (χ1n) is 6.44. The van der Waals surface area contributed by atoms with Crippen molar-refractivity contribution in [3.05, 3.63) is 58.6 Å². The normalized spacial score (nSPS) is 10.2. The molecule has 0 aliphatic heterocycles. The van der Waals surface area contributed by atoms with Crippen molar-refractivity contribution in [2.24, 2.45) is 0 Å². The standard InChI is InChI=1S/C16H16BrNO2S/c1-20-14-8-6-13(7-9-14)18-16(19)11-21-10-12-4-2-3-5-15(12)17/h2-9H,10-11H2,1H3,(H,18,19). The lowest BCUT2D eigenvalue weighted by atomic mass is 10.2. The lowest BCUT2D eigenvalue weighted by Gasteiger charge is -2.07. The fourth-order valence-electron chi connectivity index (χ4n) is 1.74. The molecule has 0 aliphatic carbocycles. The van der Waals surface area contributed by atoms with Crippen LogP contribution in [0.1, 0.15) is 5.56 Å². The molecule has 110 valence electrons. The molecule has 0 fully saturated rings. The molecule has 0 bridgehead atoms. The summed E-state index contributed by atoms with van der Waals surface area (Å²) in [6, 6.07) is 15.3. The minimum absolute atomic E-state index is 0.00257. The van der Waals surface area contributed by atoms with Crippen LogP contribution in [-0.2, 0) is 10.5 Å². The number of rotatable bonds is 6. The molecule has 21 heavy (non-hydrogen) atoms. The molecule has 0 unspecified atom stereocenters. The van der Waals surface area contributed by atoms with E-state index in [4.69, 9.17) is 4.74 Å². The number of methoxy groups -OCH3 is 1. The van der Waals surface area contributed by atoms with Gasteiger partial charge in [0.2, 0.25) is 5.91 Å². The van der Waals surface area contributed by atoms with Crippen molar-refractivity contribution in [3.8, 4) is 5.75 Å². The number of benzene rings is 2. The van der Waals surface area contributed by atoms with Crippen molar-refractivity contribution in [3.63, 3.8) is 0 Å². The van der Waals surface area contributed by atoms with Crippen LogP contribution in [-0.4, -0.2) is 18.8 Å². The zero-order valence-electron chi connectivity index (χ0n) is 11.6. The van der Waals surface area contributed by atoms with Crippen LogP contribution in [0.2, 0.25) is 0 Å². The van der Waals surface area contributed by atoms with Gasteiger partial charge in [-0.2, -0.15) is 0 Å². The molecule has 5 heteroatoms. The van der Waals surface area contributed by atoms with Crippen molar-refractivity contribution < 1.29 is 9.53 Å². The molecule has 0 saturated carbocycles. The highest BCUT2D eigenvalue weighted by Gasteiger charge is 2.04. The van der Waals surface area contributed by atoms with Gasteiger partial charge in [-0.15, -0.1) is 11.8 Å². The number of anilines is 1. The van der Waals surface area contributed by atoms with Gasteiger partial charge in [-0.25, -0.2) is 0 Å². The van der Waals surface area contributed by atoms with Crippen LogP contribution in [0, 0.1) is 0 Å². The fraction of sp³-hybridized carbons (Fsp3) is 0.188. The number of carbonyl (C=O) groups excluding carboxylic acids is 1. The minimum Gasteiger partial charge on any atom is -0.497 e. The van der Waals surface area contributed by atoms with Crippen LogP contribution in [0.5, 0.6) is 5.75 Å². The Morgan fingerprint density at radius 3 is 2.57 bits per heavy atom. The van der Waals surface area contributed by atoms with E-state index in [1.165, 1.54) is 5.56 Å². The number of amides is 1. The maximum Gasteiger partial charge on any atom is 0.234 e. The highest BCUT2D eigenvalue weighted by atomic mass is 79.9. The van der Waals surface area contributed by atoms with E-state index in [2.05, 4.69) is 27.3 Å². The Morgan fingerprint density at radius 2 is 1.90 bits per heavy atom. The van der Waals surface area contributed by atoms with Gasteiger partial charge in [0.05, 0.1) is 12.9 Å². The van der Waals surface area contributed by atoms with E-state index in [9.17, 15) is 4.79 Å². The van der Waals surface area contributed by atoms with Crippen LogP contribution in [0.4, 0.5) is 5.69 Å². The van der Waals surface area contributed by atoms with E-state index in [0.29, 0.717) is 5.75 Å². The Balaban J connectivity index is 1.78. The molecule has 0 spiro atoms. The lowest BCUT2D eigenvalue weighted by Crippen LogP contribution is -2.14. The second-order valence-electron chi connectivity index (χ2n) is 4.36. The van der Waals surface area contributed by atoms with Crippen LogP contribution < -0.4 is 10.1 Å². The maximum absolute atomic E-state index is 11.9. The topological polar surface area (TPSA) is 38.3 Å². The van der Waals surface area contributed by atoms with E-state index < -0.39 is 0 Å². The molecular weight excluding hydrogens is 350 g/mol. The van der Waals surface area contributed by atoms with Gasteiger partial charge in [-0.3, -0.25) is 4.79 Å². The van der Waals surface area contributed by atoms with E-state index in [-0.39, 0.29) is 5.91 Å². The fourth-order valence-corrected chi connectivity index (χ4v) is 3.18. The van der Waals surface area contributed by atoms with E-state index in [1.807, 2.05) is 42.5 Å². The molecule has 0 saturated heterocycles. The summed E-state index contributed by atoms with van der Waals surface area (Å²) in [5, 5.41) is 2.87. The molecule has 2 aromatic carbocycles. The van der Waals surface area contributed by atoms with Crippen LogP contribution in [0.25, 0.3) is 0 Å². The first-order chi connectivity index (χ1) is 10.2. The Kier molecular flexibility index (Phi) is 6.14. The number of thioether (sulfide) groups is 1. The van der Waals surface area contributed by atoms with Gasteiger partial charge in [0.1, 0.15) is 5.75 Å². The zero-order valence-corrected chi connectivity index (χ0v) is 14.0. The summed E-state index contributed by atoms with van der Waals surface area (Å²) in [5.41, 5.74) is 1.97. The van der Waals surface area contributed by atoms with Crippen molar-refractivity contribution in [1.82, 2.24) is 0 Å². The van der Waals surface area contributed by atoms with Crippen molar-refractivity contribution in [2.75, 3.05) is 18.2 Å². The molecule has 1 amide bonds. The summed E-state index contributed by atoms with van der Waals surface area (Å²) in [4.78, 5) is 11.9. The number of hydrogen-bond donors (Lipinski definition) is 1. The molecule has 0 radical (unpaired) electrons. The van der Waals surface area contributed by atoms with Gasteiger partial charge in [-0.05, 0) is 35.9 Å². The molecular formula is C16H16BrNO2S. The van der Waals surface area contributed by atoms with Crippen LogP contribution >= 0.6 is 27.7 Å². The second kappa shape index (κ2) is 8.10. The van der Waals surface area contributed by atoms with Gasteiger partial charge in [0.25, 0.3) is 0 Å². The van der Waals surface area contributed by atoms with E-state index in [1.54, 1.807) is 18.9 Å². The Bertz CT molecular complexity index is 601. The lowest BCUT2D eigenvalue weighted by molar-refractivity contribution is -0.113. The second-order valence-corrected chi connectivity index (χ2v) is 6.20. The molecule has 0 atom stereocenters. The number of nitrogens with one attached hydrogen (secondary N) is 1. The molecule has 0 aliphatic rings. The third-order valence-electron chi connectivity index (χ3n) is 2.82. The van der Waals surface area contributed by atoms with Crippen molar-refractivity contribution in [2.45, 2.75) is 5.75 Å². The summed E-state index contributed by atoms with van der Waals surface area (Å²) in [6.07, 6.45) is 0. The molecule has 2 rings (SSSR count). The molecule has 0 heterocycles. The summed E-state index contributed by atoms with van der Waals surface area (Å²) < 4.78 is 6.15. The van der Waals surface area contributed by atoms with Crippen molar-refractivity contribution >= 4 is 39.3 Å². The number of carbonyl (C=O) groups is 1. The molecule has 1 N–H and O–H groups in total. The number of ether oxygens (including phenoxy) is 1. The smallest absolute Gasteiger partial charge is 0.234 e. The predicted molar refractivity (Wildman–Crippen MR) is 91.9 cm³/mol. The Morgan fingerprint density at radius 1 is 1.19 bits per heavy atom. The summed E-state index contributed by atoms with van der Waals surface area (Å²) >= 11 is 5.09. The highest BCUT2D eigenvalue weighted by molar-refractivity contribution is 9.10. The molecule has 0 aromatic heterocycles. The summed E-state index contributed by atoms with van der Waals surface area (Å²) in [5.74, 6) is 2.00.